The second kappa shape index (κ2) is 12.1. The molecule has 1 atom stereocenters. The van der Waals surface area contributed by atoms with Crippen LogP contribution in [0.4, 0.5) is 0 Å². The monoisotopic (exact) mass is 527 g/mol. The summed E-state index contributed by atoms with van der Waals surface area (Å²) in [5, 5.41) is 10.9. The topological polar surface area (TPSA) is 102 Å². The minimum absolute atomic E-state index is 0.0229. The van der Waals surface area contributed by atoms with Crippen LogP contribution in [0, 0.1) is 0 Å². The van der Waals surface area contributed by atoms with Crippen molar-refractivity contribution >= 4 is 23.7 Å². The number of allylic oxidation sites excluding steroid dienone is 1. The van der Waals surface area contributed by atoms with Crippen molar-refractivity contribution in [1.82, 2.24) is 4.90 Å². The van der Waals surface area contributed by atoms with Gasteiger partial charge in [0.25, 0.3) is 5.91 Å². The fourth-order valence-electron chi connectivity index (χ4n) is 4.51. The number of ketones is 1. The summed E-state index contributed by atoms with van der Waals surface area (Å²) in [7, 11) is 4.39. The molecule has 1 aliphatic heterocycles. The van der Waals surface area contributed by atoms with Gasteiger partial charge in [-0.25, -0.2) is 4.79 Å². The summed E-state index contributed by atoms with van der Waals surface area (Å²) in [6.07, 6.45) is 3.41. The van der Waals surface area contributed by atoms with Crippen molar-refractivity contribution in [2.24, 2.45) is 0 Å². The van der Waals surface area contributed by atoms with Gasteiger partial charge >= 0.3 is 5.97 Å². The molecular weight excluding hydrogens is 498 g/mol. The van der Waals surface area contributed by atoms with Gasteiger partial charge in [0.1, 0.15) is 0 Å². The maximum Gasteiger partial charge on any atom is 0.337 e. The summed E-state index contributed by atoms with van der Waals surface area (Å²) in [5.41, 5.74) is 2.56. The quantitative estimate of drug-likeness (QED) is 0.301. The molecule has 0 spiro atoms. The van der Waals surface area contributed by atoms with Crippen molar-refractivity contribution < 1.29 is 33.7 Å². The van der Waals surface area contributed by atoms with E-state index in [1.165, 1.54) is 18.1 Å². The number of carbonyl (C=O) groups excluding carboxylic acids is 3. The third-order valence-corrected chi connectivity index (χ3v) is 6.53. The van der Waals surface area contributed by atoms with E-state index in [9.17, 15) is 19.5 Å². The van der Waals surface area contributed by atoms with Crippen LogP contribution in [0.25, 0.3) is 6.08 Å². The Morgan fingerprint density at radius 1 is 0.923 bits per heavy atom. The molecule has 3 aromatic rings. The molecule has 0 fully saturated rings. The Labute approximate surface area is 226 Å². The van der Waals surface area contributed by atoms with Gasteiger partial charge in [0.15, 0.2) is 23.0 Å². The van der Waals surface area contributed by atoms with Crippen molar-refractivity contribution in [1.29, 1.82) is 0 Å². The Hall–Kier alpha value is -4.85. The standard InChI is InChI=1S/C31H29NO7/c1-37-25-16-10-21(19-26(25)38-2)17-18-32-28(22-11-13-23(14-12-22)31(36)39-3)27(29(34)30(32)35)24(33)15-9-20-7-5-4-6-8-20/h4-16,19,28,34H,17-18H2,1-3H3/b15-9+/t28-/m1/s1. The SMILES string of the molecule is COC(=O)c1ccc([C@@H]2C(C(=O)/C=C/c3ccccc3)=C(O)C(=O)N2CCc2ccc(OC)c(OC)c2)cc1. The Morgan fingerprint density at radius 2 is 1.62 bits per heavy atom. The molecule has 0 saturated carbocycles. The molecule has 200 valence electrons. The lowest BCUT2D eigenvalue weighted by Crippen LogP contribution is -2.33. The summed E-state index contributed by atoms with van der Waals surface area (Å²) in [4.78, 5) is 40.0. The van der Waals surface area contributed by atoms with Crippen LogP contribution in [-0.4, -0.2) is 55.5 Å². The van der Waals surface area contributed by atoms with Crippen LogP contribution in [0.15, 0.2) is 90.2 Å². The van der Waals surface area contributed by atoms with E-state index in [1.807, 2.05) is 42.5 Å². The van der Waals surface area contributed by atoms with Gasteiger partial charge in [-0.1, -0.05) is 54.6 Å². The number of nitrogens with zero attached hydrogens (tertiary/aromatic N) is 1. The van der Waals surface area contributed by atoms with Gasteiger partial charge in [0.05, 0.1) is 38.5 Å². The molecule has 0 radical (unpaired) electrons. The first-order chi connectivity index (χ1) is 18.9. The number of carbonyl (C=O) groups is 3. The zero-order chi connectivity index (χ0) is 27.9. The van der Waals surface area contributed by atoms with Gasteiger partial charge in [-0.15, -0.1) is 0 Å². The first-order valence-corrected chi connectivity index (χ1v) is 12.3. The Morgan fingerprint density at radius 3 is 2.26 bits per heavy atom. The third kappa shape index (κ3) is 5.85. The predicted molar refractivity (Wildman–Crippen MR) is 146 cm³/mol. The highest BCUT2D eigenvalue weighted by Gasteiger charge is 2.42. The molecule has 39 heavy (non-hydrogen) atoms. The van der Waals surface area contributed by atoms with E-state index in [2.05, 4.69) is 0 Å². The molecular formula is C31H29NO7. The van der Waals surface area contributed by atoms with Crippen molar-refractivity contribution in [2.45, 2.75) is 12.5 Å². The average molecular weight is 528 g/mol. The van der Waals surface area contributed by atoms with E-state index in [0.717, 1.165) is 11.1 Å². The highest BCUT2D eigenvalue weighted by molar-refractivity contribution is 6.14. The molecule has 0 saturated heterocycles. The second-order valence-electron chi connectivity index (χ2n) is 8.82. The number of ether oxygens (including phenoxy) is 3. The number of methoxy groups -OCH3 is 3. The zero-order valence-corrected chi connectivity index (χ0v) is 21.9. The number of rotatable bonds is 10. The largest absolute Gasteiger partial charge is 0.503 e. The van der Waals surface area contributed by atoms with Gasteiger partial charge in [-0.05, 0) is 53.5 Å². The van der Waals surface area contributed by atoms with Crippen molar-refractivity contribution in [2.75, 3.05) is 27.9 Å². The fraction of sp³-hybridized carbons (Fsp3) is 0.194. The van der Waals surface area contributed by atoms with Crippen LogP contribution in [-0.2, 0) is 20.7 Å². The number of esters is 1. The van der Waals surface area contributed by atoms with Crippen molar-refractivity contribution in [3.05, 3.63) is 112 Å². The number of hydrogen-bond acceptors (Lipinski definition) is 7. The number of benzene rings is 3. The zero-order valence-electron chi connectivity index (χ0n) is 21.9. The van der Waals surface area contributed by atoms with Gasteiger partial charge in [-0.2, -0.15) is 0 Å². The molecule has 4 rings (SSSR count). The van der Waals surface area contributed by atoms with E-state index >= 15 is 0 Å². The number of aliphatic hydroxyl groups is 1. The summed E-state index contributed by atoms with van der Waals surface area (Å²) < 4.78 is 15.5. The van der Waals surface area contributed by atoms with Crippen LogP contribution in [0.1, 0.15) is 33.1 Å². The van der Waals surface area contributed by atoms with E-state index in [1.54, 1.807) is 50.6 Å². The lowest BCUT2D eigenvalue weighted by Gasteiger charge is -2.27. The van der Waals surface area contributed by atoms with Gasteiger partial charge in [0, 0.05) is 6.54 Å². The van der Waals surface area contributed by atoms with E-state index in [-0.39, 0.29) is 12.1 Å². The lowest BCUT2D eigenvalue weighted by atomic mass is 9.94. The Kier molecular flexibility index (Phi) is 8.46. The molecule has 1 N–H and O–H groups in total. The summed E-state index contributed by atoms with van der Waals surface area (Å²) in [6.45, 7) is 0.209. The highest BCUT2D eigenvalue weighted by atomic mass is 16.5. The van der Waals surface area contributed by atoms with Crippen molar-refractivity contribution in [3.8, 4) is 11.5 Å². The minimum atomic E-state index is -0.850. The Balaban J connectivity index is 1.67. The highest BCUT2D eigenvalue weighted by Crippen LogP contribution is 2.38. The van der Waals surface area contributed by atoms with E-state index in [4.69, 9.17) is 14.2 Å². The molecule has 1 amide bonds. The number of hydrogen-bond donors (Lipinski definition) is 1. The van der Waals surface area contributed by atoms with Gasteiger partial charge in [-0.3, -0.25) is 9.59 Å². The minimum Gasteiger partial charge on any atom is -0.503 e. The van der Waals surface area contributed by atoms with Crippen LogP contribution in [0.2, 0.25) is 0 Å². The number of aliphatic hydroxyl groups excluding tert-OH is 1. The van der Waals surface area contributed by atoms with E-state index < -0.39 is 29.5 Å². The molecule has 1 aliphatic rings. The smallest absolute Gasteiger partial charge is 0.337 e. The molecule has 8 heteroatoms. The van der Waals surface area contributed by atoms with Gasteiger partial charge in [0.2, 0.25) is 0 Å². The summed E-state index contributed by atoms with van der Waals surface area (Å²) >= 11 is 0. The molecule has 8 nitrogen and oxygen atoms in total. The average Bonchev–Trinajstić information content (AvgIpc) is 3.23. The molecule has 1 heterocycles. The maximum absolute atomic E-state index is 13.4. The van der Waals surface area contributed by atoms with Crippen molar-refractivity contribution in [3.63, 3.8) is 0 Å². The summed E-state index contributed by atoms with van der Waals surface area (Å²) in [5.74, 6) is -1.09. The Bertz CT molecular complexity index is 1430. The molecule has 3 aromatic carbocycles. The molecule has 0 bridgehead atoms. The van der Waals surface area contributed by atoms with Gasteiger partial charge < -0.3 is 24.2 Å². The molecule has 0 aliphatic carbocycles. The number of amides is 1. The fourth-order valence-corrected chi connectivity index (χ4v) is 4.51. The lowest BCUT2D eigenvalue weighted by molar-refractivity contribution is -0.129. The molecule has 0 aromatic heterocycles. The van der Waals surface area contributed by atoms with E-state index in [0.29, 0.717) is 29.0 Å². The third-order valence-electron chi connectivity index (χ3n) is 6.53. The van der Waals surface area contributed by atoms with Crippen LogP contribution < -0.4 is 9.47 Å². The first kappa shape index (κ1) is 27.2. The van der Waals surface area contributed by atoms with Crippen LogP contribution in [0.5, 0.6) is 11.5 Å². The predicted octanol–water partition coefficient (Wildman–Crippen LogP) is 4.71. The van der Waals surface area contributed by atoms with Crippen LogP contribution >= 0.6 is 0 Å². The molecule has 0 unspecified atom stereocenters. The second-order valence-corrected chi connectivity index (χ2v) is 8.82. The normalized spacial score (nSPS) is 15.1. The summed E-state index contributed by atoms with van der Waals surface area (Å²) in [6, 6.07) is 20.3. The maximum atomic E-state index is 13.4. The first-order valence-electron chi connectivity index (χ1n) is 12.3. The van der Waals surface area contributed by atoms with Crippen LogP contribution in [0.3, 0.4) is 0 Å².